The van der Waals surface area contributed by atoms with Crippen LogP contribution in [0.25, 0.3) is 0 Å². The fraction of sp³-hybridized carbons (Fsp3) is 0.429. The zero-order chi connectivity index (χ0) is 20.1. The van der Waals surface area contributed by atoms with Gasteiger partial charge in [0.05, 0.1) is 18.8 Å². The molecule has 3 N–H and O–H groups in total. The normalized spacial score (nSPS) is 18.2. The van der Waals surface area contributed by atoms with Crippen molar-refractivity contribution in [3.05, 3.63) is 52.2 Å². The molecule has 0 radical (unpaired) electrons. The van der Waals surface area contributed by atoms with Crippen molar-refractivity contribution >= 4 is 23.1 Å². The van der Waals surface area contributed by atoms with Gasteiger partial charge < -0.3 is 20.3 Å². The van der Waals surface area contributed by atoms with Gasteiger partial charge in [-0.05, 0) is 47.0 Å². The molecule has 1 saturated heterocycles. The van der Waals surface area contributed by atoms with Gasteiger partial charge in [0.15, 0.2) is 0 Å². The number of nitrogens with two attached hydrogens (primary N) is 1. The van der Waals surface area contributed by atoms with Gasteiger partial charge in [-0.3, -0.25) is 9.59 Å². The monoisotopic (exact) mass is 403 g/mol. The lowest BCUT2D eigenvalue weighted by Crippen LogP contribution is -2.41. The second kappa shape index (κ2) is 8.86. The SMILES string of the molecule is CC(C(=O)O)C(=O)CC(N)(c1ccsc1)c1cccc(OC2CCOCC2)c1. The predicted molar refractivity (Wildman–Crippen MR) is 107 cm³/mol. The molecule has 2 atom stereocenters. The highest BCUT2D eigenvalue weighted by Crippen LogP contribution is 2.35. The summed E-state index contributed by atoms with van der Waals surface area (Å²) in [7, 11) is 0. The molecule has 0 spiro atoms. The number of carboxylic acids is 1. The molecular formula is C21H25NO5S. The smallest absolute Gasteiger partial charge is 0.313 e. The standard InChI is InChI=1S/C21H25NO5S/c1-14(20(24)25)19(23)12-21(22,16-7-10-28-13-16)15-3-2-4-18(11-15)27-17-5-8-26-9-6-17/h2-4,7,10-11,13-14,17H,5-6,8-9,12,22H2,1H3,(H,24,25). The number of rotatable bonds is 8. The van der Waals surface area contributed by atoms with E-state index in [0.29, 0.717) is 19.0 Å². The molecule has 1 aromatic carbocycles. The fourth-order valence-corrected chi connectivity index (χ4v) is 4.03. The zero-order valence-corrected chi connectivity index (χ0v) is 16.6. The molecule has 2 aromatic rings. The molecular weight excluding hydrogens is 378 g/mol. The van der Waals surface area contributed by atoms with Crippen molar-refractivity contribution in [1.82, 2.24) is 0 Å². The highest BCUT2D eigenvalue weighted by atomic mass is 32.1. The van der Waals surface area contributed by atoms with Crippen molar-refractivity contribution in [2.45, 2.75) is 37.8 Å². The Hall–Kier alpha value is -2.22. The Bertz CT molecular complexity index is 816. The van der Waals surface area contributed by atoms with Crippen LogP contribution >= 0.6 is 11.3 Å². The zero-order valence-electron chi connectivity index (χ0n) is 15.8. The molecule has 7 heteroatoms. The van der Waals surface area contributed by atoms with E-state index in [1.54, 1.807) is 0 Å². The minimum Gasteiger partial charge on any atom is -0.490 e. The quantitative estimate of drug-likeness (QED) is 0.657. The van der Waals surface area contributed by atoms with Gasteiger partial charge in [0, 0.05) is 19.3 Å². The Morgan fingerprint density at radius 1 is 1.32 bits per heavy atom. The molecule has 0 aliphatic carbocycles. The van der Waals surface area contributed by atoms with Gasteiger partial charge in [0.1, 0.15) is 23.6 Å². The number of carbonyl (C=O) groups excluding carboxylic acids is 1. The number of benzene rings is 1. The first kappa shape index (κ1) is 20.5. The number of thiophene rings is 1. The Labute approximate surface area is 168 Å². The van der Waals surface area contributed by atoms with Crippen molar-refractivity contribution in [1.29, 1.82) is 0 Å². The van der Waals surface area contributed by atoms with Crippen molar-refractivity contribution in [2.75, 3.05) is 13.2 Å². The van der Waals surface area contributed by atoms with E-state index in [9.17, 15) is 14.7 Å². The summed E-state index contributed by atoms with van der Waals surface area (Å²) in [5.41, 5.74) is 7.14. The Morgan fingerprint density at radius 3 is 2.71 bits per heavy atom. The highest BCUT2D eigenvalue weighted by molar-refractivity contribution is 7.08. The number of ether oxygens (including phenoxy) is 2. The minimum absolute atomic E-state index is 0.0889. The van der Waals surface area contributed by atoms with Crippen LogP contribution in [0.3, 0.4) is 0 Å². The molecule has 6 nitrogen and oxygen atoms in total. The van der Waals surface area contributed by atoms with E-state index in [1.165, 1.54) is 18.3 Å². The van der Waals surface area contributed by atoms with E-state index in [4.69, 9.17) is 15.2 Å². The Balaban J connectivity index is 1.89. The summed E-state index contributed by atoms with van der Waals surface area (Å²) in [6.07, 6.45) is 1.65. The van der Waals surface area contributed by atoms with Crippen molar-refractivity contribution in [3.63, 3.8) is 0 Å². The number of carbonyl (C=O) groups is 2. The van der Waals surface area contributed by atoms with Gasteiger partial charge in [-0.2, -0.15) is 11.3 Å². The van der Waals surface area contributed by atoms with Gasteiger partial charge >= 0.3 is 5.97 Å². The summed E-state index contributed by atoms with van der Waals surface area (Å²) < 4.78 is 11.5. The second-order valence-electron chi connectivity index (χ2n) is 7.14. The maximum Gasteiger partial charge on any atom is 0.313 e. The van der Waals surface area contributed by atoms with E-state index in [1.807, 2.05) is 41.1 Å². The third-order valence-corrected chi connectivity index (χ3v) is 5.85. The number of aliphatic carboxylic acids is 1. The van der Waals surface area contributed by atoms with Gasteiger partial charge in [0.2, 0.25) is 0 Å². The van der Waals surface area contributed by atoms with Crippen LogP contribution in [0.1, 0.15) is 37.3 Å². The van der Waals surface area contributed by atoms with Crippen molar-refractivity contribution in [3.8, 4) is 5.75 Å². The molecule has 0 bridgehead atoms. The molecule has 150 valence electrons. The van der Waals surface area contributed by atoms with E-state index in [2.05, 4.69) is 0 Å². The van der Waals surface area contributed by atoms with Gasteiger partial charge in [-0.1, -0.05) is 12.1 Å². The Morgan fingerprint density at radius 2 is 2.07 bits per heavy atom. The lowest BCUT2D eigenvalue weighted by atomic mass is 9.79. The summed E-state index contributed by atoms with van der Waals surface area (Å²) in [6, 6.07) is 9.30. The summed E-state index contributed by atoms with van der Waals surface area (Å²) in [5, 5.41) is 13.0. The van der Waals surface area contributed by atoms with Crippen LogP contribution in [0.2, 0.25) is 0 Å². The van der Waals surface area contributed by atoms with Crippen LogP contribution in [-0.4, -0.2) is 36.2 Å². The number of hydrogen-bond donors (Lipinski definition) is 2. The minimum atomic E-state index is -1.14. The van der Waals surface area contributed by atoms with Crippen LogP contribution in [0.4, 0.5) is 0 Å². The van der Waals surface area contributed by atoms with Crippen LogP contribution < -0.4 is 10.5 Å². The third kappa shape index (κ3) is 4.60. The summed E-state index contributed by atoms with van der Waals surface area (Å²) in [6.45, 7) is 2.76. The molecule has 0 amide bonds. The molecule has 0 saturated carbocycles. The van der Waals surface area contributed by atoms with Crippen LogP contribution in [0, 0.1) is 5.92 Å². The number of hydrogen-bond acceptors (Lipinski definition) is 6. The van der Waals surface area contributed by atoms with Crippen LogP contribution in [-0.2, 0) is 19.9 Å². The number of Topliss-reactive ketones (excluding diaryl/α,β-unsaturated/α-hetero) is 1. The van der Waals surface area contributed by atoms with E-state index in [0.717, 1.165) is 24.0 Å². The lowest BCUT2D eigenvalue weighted by molar-refractivity contribution is -0.145. The Kier molecular flexibility index (Phi) is 6.49. The van der Waals surface area contributed by atoms with Crippen molar-refractivity contribution in [2.24, 2.45) is 11.7 Å². The van der Waals surface area contributed by atoms with Gasteiger partial charge in [0.25, 0.3) is 0 Å². The van der Waals surface area contributed by atoms with Gasteiger partial charge in [-0.15, -0.1) is 0 Å². The lowest BCUT2D eigenvalue weighted by Gasteiger charge is -2.31. The molecule has 2 heterocycles. The molecule has 1 aromatic heterocycles. The summed E-state index contributed by atoms with van der Waals surface area (Å²) >= 11 is 1.48. The first-order valence-electron chi connectivity index (χ1n) is 9.32. The topological polar surface area (TPSA) is 98.9 Å². The van der Waals surface area contributed by atoms with E-state index in [-0.39, 0.29) is 12.5 Å². The maximum absolute atomic E-state index is 12.6. The molecule has 1 fully saturated rings. The van der Waals surface area contributed by atoms with Crippen molar-refractivity contribution < 1.29 is 24.2 Å². The number of ketones is 1. The predicted octanol–water partition coefficient (Wildman–Crippen LogP) is 3.19. The second-order valence-corrected chi connectivity index (χ2v) is 7.92. The molecule has 2 unspecified atom stereocenters. The third-order valence-electron chi connectivity index (χ3n) is 5.16. The summed E-state index contributed by atoms with van der Waals surface area (Å²) in [5.74, 6) is -1.97. The molecule has 28 heavy (non-hydrogen) atoms. The molecule has 1 aliphatic rings. The van der Waals surface area contributed by atoms with E-state index >= 15 is 0 Å². The van der Waals surface area contributed by atoms with E-state index < -0.39 is 23.2 Å². The maximum atomic E-state index is 12.6. The fourth-order valence-electron chi connectivity index (χ4n) is 3.29. The average Bonchev–Trinajstić information content (AvgIpc) is 3.23. The van der Waals surface area contributed by atoms with Crippen LogP contribution in [0.15, 0.2) is 41.1 Å². The average molecular weight is 404 g/mol. The molecule has 1 aliphatic heterocycles. The molecule has 3 rings (SSSR count). The van der Waals surface area contributed by atoms with Crippen LogP contribution in [0.5, 0.6) is 5.75 Å². The summed E-state index contributed by atoms with van der Waals surface area (Å²) in [4.78, 5) is 23.8. The number of carboxylic acid groups (broad SMARTS) is 1. The largest absolute Gasteiger partial charge is 0.490 e. The first-order valence-corrected chi connectivity index (χ1v) is 10.3. The van der Waals surface area contributed by atoms with Gasteiger partial charge in [-0.25, -0.2) is 0 Å². The highest BCUT2D eigenvalue weighted by Gasteiger charge is 2.36. The first-order chi connectivity index (χ1) is 13.4.